The quantitative estimate of drug-likeness (QED) is 0.177. The van der Waals surface area contributed by atoms with Gasteiger partial charge in [0, 0.05) is 0 Å². The molecule has 0 saturated carbocycles. The zero-order valence-electron chi connectivity index (χ0n) is 32.0. The number of hydrogen-bond donors (Lipinski definition) is 0. The fraction of sp³-hybridized carbons (Fsp3) is 0.659. The lowest BCUT2D eigenvalue weighted by molar-refractivity contribution is 0.340. The molecule has 0 saturated heterocycles. The maximum Gasteiger partial charge on any atom is 0.316 e. The molecule has 0 aromatic heterocycles. The topological polar surface area (TPSA) is 46.2 Å². The average Bonchev–Trinajstić information content (AvgIpc) is 2.80. The van der Waals surface area contributed by atoms with Crippen LogP contribution in [0.3, 0.4) is 0 Å². The predicted octanol–water partition coefficient (Wildman–Crippen LogP) is 15.8. The summed E-state index contributed by atoms with van der Waals surface area (Å²) < 4.78 is 31.3. The van der Waals surface area contributed by atoms with Gasteiger partial charge in [-0.05, 0) is 128 Å². The first-order valence-corrected chi connectivity index (χ1v) is 36.7. The first-order valence-electron chi connectivity index (χ1n) is 16.4. The molecular formula is C41H100O5Si7. The summed E-state index contributed by atoms with van der Waals surface area (Å²) in [6.07, 6.45) is 0. The minimum atomic E-state index is -2.27. The Bertz CT molecular complexity index is 1080. The van der Waals surface area contributed by atoms with E-state index in [0.717, 1.165) is 11.6 Å². The van der Waals surface area contributed by atoms with Gasteiger partial charge in [0.05, 0.1) is 0 Å². The Kier molecular flexibility index (Phi) is 45.2. The van der Waals surface area contributed by atoms with Crippen LogP contribution in [0.5, 0.6) is 0 Å². The van der Waals surface area contributed by atoms with Crippen molar-refractivity contribution in [1.82, 2.24) is 0 Å². The molecule has 0 amide bonds. The summed E-state index contributed by atoms with van der Waals surface area (Å²) in [6, 6.07) is 21.8. The summed E-state index contributed by atoms with van der Waals surface area (Å²) in [5.41, 5.74) is 3.70. The Labute approximate surface area is 346 Å². The van der Waals surface area contributed by atoms with Crippen molar-refractivity contribution in [1.29, 1.82) is 0 Å². The van der Waals surface area contributed by atoms with E-state index < -0.39 is 60.4 Å². The van der Waals surface area contributed by atoms with Crippen LogP contribution in [0.2, 0.25) is 104 Å². The van der Waals surface area contributed by atoms with Crippen LogP contribution in [0.25, 0.3) is 5.57 Å². The summed E-state index contributed by atoms with van der Waals surface area (Å²) in [5.74, 6) is 0.437. The Morgan fingerprint density at radius 3 is 1.09 bits per heavy atom. The molecule has 322 valence electrons. The molecule has 3 unspecified atom stereocenters. The van der Waals surface area contributed by atoms with Crippen LogP contribution in [0.1, 0.15) is 90.3 Å². The summed E-state index contributed by atoms with van der Waals surface area (Å²) in [5, 5.41) is 0. The van der Waals surface area contributed by atoms with Crippen molar-refractivity contribution >= 4 is 66.0 Å². The molecule has 2 aromatic carbocycles. The lowest BCUT2D eigenvalue weighted by atomic mass is 10.0. The molecule has 0 N–H and O–H groups in total. The van der Waals surface area contributed by atoms with Crippen molar-refractivity contribution in [3.05, 3.63) is 78.4 Å². The van der Waals surface area contributed by atoms with Crippen molar-refractivity contribution in [2.75, 3.05) is 0 Å². The van der Waals surface area contributed by atoms with Crippen molar-refractivity contribution < 1.29 is 20.6 Å². The Balaban J connectivity index is -0.0000000817. The zero-order valence-corrected chi connectivity index (χ0v) is 39.3. The third-order valence-corrected chi connectivity index (χ3v) is 27.1. The smallest absolute Gasteiger partial charge is 0.316 e. The van der Waals surface area contributed by atoms with E-state index in [9.17, 15) is 0 Å². The van der Waals surface area contributed by atoms with Crippen molar-refractivity contribution in [2.24, 2.45) is 0 Å². The lowest BCUT2D eigenvalue weighted by Gasteiger charge is -2.38. The maximum atomic E-state index is 6.63. The van der Waals surface area contributed by atoms with Crippen molar-refractivity contribution in [2.45, 2.75) is 183 Å². The number of hydrogen-bond acceptors (Lipinski definition) is 5. The molecule has 0 radical (unpaired) electrons. The van der Waals surface area contributed by atoms with Crippen LogP contribution in [0.15, 0.2) is 67.2 Å². The standard InChI is InChI=1S/C17H36O3Si4.C9H10.C7H22O2Si3.8CH4/c1-16(17-13-11-10-12-14-17)15-24(9,20-23(6,7)8)19-21(2)18-22(3,4)5;1-8(2)9-6-4-3-5-7-9;1-10(8-11(2,3)4)9-12(5,6)7;;;;;;;;/h10-14,16,21H,15H2,1-9H3;3-7H,1H2,2H3;10H,1-7H3;8*1H4. The fourth-order valence-electron chi connectivity index (χ4n) is 4.83. The minimum absolute atomic E-state index is 0. The van der Waals surface area contributed by atoms with E-state index in [1.54, 1.807) is 0 Å². The van der Waals surface area contributed by atoms with E-state index in [1.165, 1.54) is 11.1 Å². The molecule has 0 aliphatic heterocycles. The van der Waals surface area contributed by atoms with Gasteiger partial charge in [0.15, 0.2) is 33.3 Å². The Hall–Kier alpha value is -0.502. The van der Waals surface area contributed by atoms with E-state index >= 15 is 0 Å². The van der Waals surface area contributed by atoms with Gasteiger partial charge < -0.3 is 20.6 Å². The van der Waals surface area contributed by atoms with Gasteiger partial charge in [-0.1, -0.05) is 139 Å². The lowest BCUT2D eigenvalue weighted by Crippen LogP contribution is -2.52. The summed E-state index contributed by atoms with van der Waals surface area (Å²) in [7, 11) is -11.2. The van der Waals surface area contributed by atoms with Crippen LogP contribution in [0, 0.1) is 0 Å². The molecule has 0 bridgehead atoms. The molecule has 53 heavy (non-hydrogen) atoms. The number of rotatable bonds is 14. The van der Waals surface area contributed by atoms with E-state index in [1.807, 2.05) is 25.1 Å². The van der Waals surface area contributed by atoms with Crippen LogP contribution < -0.4 is 0 Å². The van der Waals surface area contributed by atoms with E-state index in [0.29, 0.717) is 5.92 Å². The molecule has 0 spiro atoms. The third kappa shape index (κ3) is 42.5. The molecule has 2 rings (SSSR count). The van der Waals surface area contributed by atoms with Crippen LogP contribution in [-0.4, -0.2) is 60.4 Å². The van der Waals surface area contributed by atoms with Gasteiger partial charge in [0.1, 0.15) is 0 Å². The molecule has 0 aliphatic carbocycles. The first kappa shape index (κ1) is 73.6. The Morgan fingerprint density at radius 1 is 0.528 bits per heavy atom. The maximum absolute atomic E-state index is 6.63. The Morgan fingerprint density at radius 2 is 0.830 bits per heavy atom. The van der Waals surface area contributed by atoms with E-state index in [2.05, 4.69) is 154 Å². The van der Waals surface area contributed by atoms with Gasteiger partial charge in [-0.2, -0.15) is 0 Å². The molecule has 12 heteroatoms. The SMILES string of the molecule is C.C.C.C.C.C.C.C.C=C(C)c1ccccc1.CC(C[Si](C)(O[SiH](C)O[Si](C)(C)C)O[Si](C)(C)C)c1ccccc1.C[SiH](O[Si](C)(C)C)O[Si](C)(C)C. The van der Waals surface area contributed by atoms with Crippen LogP contribution in [0.4, 0.5) is 0 Å². The summed E-state index contributed by atoms with van der Waals surface area (Å²) in [4.78, 5) is 0. The zero-order chi connectivity index (χ0) is 35.3. The summed E-state index contributed by atoms with van der Waals surface area (Å²) in [6.45, 7) is 41.4. The van der Waals surface area contributed by atoms with Gasteiger partial charge in [-0.3, -0.25) is 0 Å². The third-order valence-electron chi connectivity index (χ3n) is 5.81. The van der Waals surface area contributed by atoms with Crippen molar-refractivity contribution in [3.8, 4) is 0 Å². The average molecular weight is 870 g/mol. The highest BCUT2D eigenvalue weighted by Gasteiger charge is 2.40. The highest BCUT2D eigenvalue weighted by Crippen LogP contribution is 2.30. The van der Waals surface area contributed by atoms with Gasteiger partial charge in [-0.15, -0.1) is 0 Å². The molecule has 0 heterocycles. The van der Waals surface area contributed by atoms with Gasteiger partial charge in [-0.25, -0.2) is 0 Å². The molecule has 0 fully saturated rings. The second-order valence-corrected chi connectivity index (χ2v) is 42.4. The molecular weight excluding hydrogens is 769 g/mol. The predicted molar refractivity (Wildman–Crippen MR) is 271 cm³/mol. The van der Waals surface area contributed by atoms with Gasteiger partial charge in [0.2, 0.25) is 0 Å². The highest BCUT2D eigenvalue weighted by atomic mass is 28.5. The number of benzene rings is 2. The molecule has 5 nitrogen and oxygen atoms in total. The fourth-order valence-corrected chi connectivity index (χ4v) is 28.7. The molecule has 0 aliphatic rings. The second kappa shape index (κ2) is 32.6. The first-order chi connectivity index (χ1) is 20.2. The monoisotopic (exact) mass is 869 g/mol. The van der Waals surface area contributed by atoms with Gasteiger partial charge >= 0.3 is 8.56 Å². The van der Waals surface area contributed by atoms with Crippen LogP contribution >= 0.6 is 0 Å². The number of allylic oxidation sites excluding steroid dienone is 1. The van der Waals surface area contributed by atoms with E-state index in [4.69, 9.17) is 20.6 Å². The van der Waals surface area contributed by atoms with Crippen LogP contribution in [-0.2, 0) is 20.6 Å². The molecule has 2 aromatic rings. The minimum Gasteiger partial charge on any atom is -0.439 e. The summed E-state index contributed by atoms with van der Waals surface area (Å²) >= 11 is 0. The highest BCUT2D eigenvalue weighted by molar-refractivity contribution is 6.85. The van der Waals surface area contributed by atoms with E-state index in [-0.39, 0.29) is 59.4 Å². The van der Waals surface area contributed by atoms with Crippen molar-refractivity contribution in [3.63, 3.8) is 0 Å². The largest absolute Gasteiger partial charge is 0.439 e. The molecule has 3 atom stereocenters. The normalized spacial score (nSPS) is 12.9. The van der Waals surface area contributed by atoms with Gasteiger partial charge in [0.25, 0.3) is 18.6 Å². The second-order valence-electron chi connectivity index (χ2n) is 16.0.